The molecule has 8 nitrogen and oxygen atoms in total. The third kappa shape index (κ3) is 5.84. The molecule has 182 valence electrons. The molecule has 9 heteroatoms. The molecule has 1 aromatic heterocycles. The number of hydrazone groups is 1. The Morgan fingerprint density at radius 3 is 2.62 bits per heavy atom. The molecule has 0 N–H and O–H groups in total. The maximum atomic E-state index is 13.5. The summed E-state index contributed by atoms with van der Waals surface area (Å²) in [5.41, 5.74) is 1.89. The second-order valence-electron chi connectivity index (χ2n) is 8.38. The number of carbonyl (C=O) groups is 2. The van der Waals surface area contributed by atoms with Crippen LogP contribution in [-0.4, -0.2) is 85.4 Å². The summed E-state index contributed by atoms with van der Waals surface area (Å²) in [5, 5.41) is 8.32. The van der Waals surface area contributed by atoms with E-state index >= 15 is 0 Å². The standard InChI is InChI=1S/C25H32N4O4S/c1-3-24(30)28(11-10-27-12-14-33-15-13-27)18-25(31)29-22(19-6-8-20(32-2)9-7-19)17-21(26-29)23-5-4-16-34-23/h4-9,16,22H,3,10-15,17-18H2,1-2H3. The lowest BCUT2D eigenvalue weighted by Crippen LogP contribution is -2.46. The first-order valence-corrected chi connectivity index (χ1v) is 12.6. The minimum atomic E-state index is -0.215. The molecular formula is C25H32N4O4S. The third-order valence-corrected chi connectivity index (χ3v) is 7.16. The summed E-state index contributed by atoms with van der Waals surface area (Å²) in [4.78, 5) is 31.2. The lowest BCUT2D eigenvalue weighted by atomic mass is 10.0. The van der Waals surface area contributed by atoms with Crippen LogP contribution in [0.2, 0.25) is 0 Å². The van der Waals surface area contributed by atoms with Crippen molar-refractivity contribution in [3.63, 3.8) is 0 Å². The largest absolute Gasteiger partial charge is 0.497 e. The van der Waals surface area contributed by atoms with Gasteiger partial charge in [0.1, 0.15) is 12.3 Å². The number of nitrogens with zero attached hydrogens (tertiary/aromatic N) is 4. The van der Waals surface area contributed by atoms with Crippen molar-refractivity contribution in [2.75, 3.05) is 53.0 Å². The molecule has 0 radical (unpaired) electrons. The highest BCUT2D eigenvalue weighted by atomic mass is 32.1. The van der Waals surface area contributed by atoms with E-state index in [0.29, 0.717) is 32.6 Å². The highest BCUT2D eigenvalue weighted by Crippen LogP contribution is 2.34. The molecule has 2 amide bonds. The number of thiophene rings is 1. The van der Waals surface area contributed by atoms with Crippen molar-refractivity contribution in [1.29, 1.82) is 0 Å². The summed E-state index contributed by atoms with van der Waals surface area (Å²) in [6.45, 7) is 6.21. The normalized spacial score (nSPS) is 18.6. The molecule has 34 heavy (non-hydrogen) atoms. The first-order chi connectivity index (χ1) is 16.6. The van der Waals surface area contributed by atoms with Gasteiger partial charge in [-0.25, -0.2) is 5.01 Å². The third-order valence-electron chi connectivity index (χ3n) is 6.24. The summed E-state index contributed by atoms with van der Waals surface area (Å²) in [6.07, 6.45) is 0.996. The van der Waals surface area contributed by atoms with E-state index in [1.165, 1.54) is 0 Å². The van der Waals surface area contributed by atoms with Crippen molar-refractivity contribution >= 4 is 28.9 Å². The Morgan fingerprint density at radius 1 is 1.21 bits per heavy atom. The quantitative estimate of drug-likeness (QED) is 0.547. The van der Waals surface area contributed by atoms with Gasteiger partial charge in [0.05, 0.1) is 37.0 Å². The molecule has 0 saturated carbocycles. The molecule has 1 unspecified atom stereocenters. The molecule has 0 spiro atoms. The molecule has 4 rings (SSSR count). The highest BCUT2D eigenvalue weighted by molar-refractivity contribution is 7.12. The van der Waals surface area contributed by atoms with Crippen LogP contribution in [0.3, 0.4) is 0 Å². The molecule has 2 aliphatic heterocycles. The Bertz CT molecular complexity index is 987. The number of ether oxygens (including phenoxy) is 2. The Hall–Kier alpha value is -2.75. The smallest absolute Gasteiger partial charge is 0.262 e. The summed E-state index contributed by atoms with van der Waals surface area (Å²) in [7, 11) is 1.63. The summed E-state index contributed by atoms with van der Waals surface area (Å²) >= 11 is 1.61. The Balaban J connectivity index is 1.51. The fraction of sp³-hybridized carbons (Fsp3) is 0.480. The van der Waals surface area contributed by atoms with Gasteiger partial charge in [-0.05, 0) is 29.1 Å². The number of methoxy groups -OCH3 is 1. The van der Waals surface area contributed by atoms with Gasteiger partial charge in [-0.1, -0.05) is 25.1 Å². The first-order valence-electron chi connectivity index (χ1n) is 11.7. The van der Waals surface area contributed by atoms with Crippen LogP contribution in [0.5, 0.6) is 5.75 Å². The fourth-order valence-corrected chi connectivity index (χ4v) is 4.98. The van der Waals surface area contributed by atoms with Gasteiger partial charge in [-0.3, -0.25) is 14.5 Å². The second-order valence-corrected chi connectivity index (χ2v) is 9.33. The molecule has 0 aliphatic carbocycles. The first kappa shape index (κ1) is 24.4. The van der Waals surface area contributed by atoms with E-state index in [1.807, 2.05) is 48.7 Å². The van der Waals surface area contributed by atoms with Crippen LogP contribution in [-0.2, 0) is 14.3 Å². The maximum Gasteiger partial charge on any atom is 0.262 e. The van der Waals surface area contributed by atoms with Gasteiger partial charge in [0.15, 0.2) is 0 Å². The average molecular weight is 485 g/mol. The average Bonchev–Trinajstić information content (AvgIpc) is 3.57. The molecule has 1 fully saturated rings. The van der Waals surface area contributed by atoms with Crippen molar-refractivity contribution in [2.24, 2.45) is 5.10 Å². The van der Waals surface area contributed by atoms with Crippen LogP contribution in [0.4, 0.5) is 0 Å². The topological polar surface area (TPSA) is 74.7 Å². The van der Waals surface area contributed by atoms with Crippen molar-refractivity contribution in [3.05, 3.63) is 52.2 Å². The van der Waals surface area contributed by atoms with Gasteiger partial charge in [0, 0.05) is 39.0 Å². The molecule has 3 heterocycles. The van der Waals surface area contributed by atoms with Crippen molar-refractivity contribution in [3.8, 4) is 5.75 Å². The SMILES string of the molecule is CCC(=O)N(CCN1CCOCC1)CC(=O)N1N=C(c2cccs2)CC1c1ccc(OC)cc1. The van der Waals surface area contributed by atoms with Crippen molar-refractivity contribution in [2.45, 2.75) is 25.8 Å². The van der Waals surface area contributed by atoms with Gasteiger partial charge in [0.25, 0.3) is 5.91 Å². The number of rotatable bonds is 9. The molecule has 0 bridgehead atoms. The Kier molecular flexibility index (Phi) is 8.31. The van der Waals surface area contributed by atoms with Crippen molar-refractivity contribution < 1.29 is 19.1 Å². The second kappa shape index (κ2) is 11.6. The number of hydrogen-bond acceptors (Lipinski definition) is 7. The Labute approximate surface area is 204 Å². The van der Waals surface area contributed by atoms with Crippen LogP contribution in [0, 0.1) is 0 Å². The number of amides is 2. The summed E-state index contributed by atoms with van der Waals surface area (Å²) in [5.74, 6) is 0.572. The van der Waals surface area contributed by atoms with E-state index in [9.17, 15) is 9.59 Å². The molecular weight excluding hydrogens is 452 g/mol. The monoisotopic (exact) mass is 484 g/mol. The van der Waals surface area contributed by atoms with E-state index in [1.54, 1.807) is 28.4 Å². The van der Waals surface area contributed by atoms with Gasteiger partial charge >= 0.3 is 0 Å². The Morgan fingerprint density at radius 2 is 1.97 bits per heavy atom. The number of hydrogen-bond donors (Lipinski definition) is 0. The minimum absolute atomic E-state index is 0.0187. The lowest BCUT2D eigenvalue weighted by molar-refractivity contribution is -0.141. The minimum Gasteiger partial charge on any atom is -0.497 e. The maximum absolute atomic E-state index is 13.5. The molecule has 1 atom stereocenters. The van der Waals surface area contributed by atoms with Gasteiger partial charge in [-0.15, -0.1) is 11.3 Å². The van der Waals surface area contributed by atoms with Crippen LogP contribution >= 0.6 is 11.3 Å². The number of carbonyl (C=O) groups excluding carboxylic acids is 2. The molecule has 1 saturated heterocycles. The zero-order valence-electron chi connectivity index (χ0n) is 19.8. The van der Waals surface area contributed by atoms with E-state index in [4.69, 9.17) is 14.6 Å². The van der Waals surface area contributed by atoms with Gasteiger partial charge < -0.3 is 14.4 Å². The number of morpholine rings is 1. The summed E-state index contributed by atoms with van der Waals surface area (Å²) in [6, 6.07) is 11.6. The van der Waals surface area contributed by atoms with Crippen molar-refractivity contribution in [1.82, 2.24) is 14.8 Å². The van der Waals surface area contributed by atoms with Crippen LogP contribution in [0.25, 0.3) is 0 Å². The van der Waals surface area contributed by atoms with Crippen LogP contribution in [0.1, 0.15) is 36.2 Å². The molecule has 2 aliphatic rings. The zero-order chi connectivity index (χ0) is 23.9. The predicted molar refractivity (Wildman–Crippen MR) is 132 cm³/mol. The van der Waals surface area contributed by atoms with Crippen LogP contribution in [0.15, 0.2) is 46.9 Å². The van der Waals surface area contributed by atoms with E-state index in [-0.39, 0.29) is 24.4 Å². The predicted octanol–water partition coefficient (Wildman–Crippen LogP) is 3.01. The van der Waals surface area contributed by atoms with E-state index < -0.39 is 0 Å². The highest BCUT2D eigenvalue weighted by Gasteiger charge is 2.34. The summed E-state index contributed by atoms with van der Waals surface area (Å²) < 4.78 is 10.7. The number of benzene rings is 1. The molecule has 1 aromatic carbocycles. The fourth-order valence-electron chi connectivity index (χ4n) is 4.26. The van der Waals surface area contributed by atoms with Gasteiger partial charge in [-0.2, -0.15) is 5.10 Å². The van der Waals surface area contributed by atoms with Gasteiger partial charge in [0.2, 0.25) is 5.91 Å². The zero-order valence-corrected chi connectivity index (χ0v) is 20.6. The lowest BCUT2D eigenvalue weighted by Gasteiger charge is -2.31. The molecule has 2 aromatic rings. The van der Waals surface area contributed by atoms with Crippen LogP contribution < -0.4 is 4.74 Å². The van der Waals surface area contributed by atoms with E-state index in [2.05, 4.69) is 4.90 Å². The van der Waals surface area contributed by atoms with E-state index in [0.717, 1.165) is 41.5 Å².